The summed E-state index contributed by atoms with van der Waals surface area (Å²) in [4.78, 5) is 10.6. The van der Waals surface area contributed by atoms with Crippen molar-refractivity contribution >= 4 is 17.3 Å². The molecule has 0 aliphatic heterocycles. The van der Waals surface area contributed by atoms with E-state index in [2.05, 4.69) is 0 Å². The first-order valence-electron chi connectivity index (χ1n) is 6.25. The molecule has 6 heteroatoms. The van der Waals surface area contributed by atoms with Gasteiger partial charge < -0.3 is 9.84 Å². The van der Waals surface area contributed by atoms with Crippen LogP contribution in [0.2, 0.25) is 5.02 Å². The van der Waals surface area contributed by atoms with E-state index in [0.29, 0.717) is 27.6 Å². The zero-order chi connectivity index (χ0) is 15.6. The molecule has 0 saturated heterocycles. The van der Waals surface area contributed by atoms with Gasteiger partial charge in [0.15, 0.2) is 0 Å². The fourth-order valence-corrected chi connectivity index (χ4v) is 2.16. The van der Waals surface area contributed by atoms with Crippen LogP contribution in [0.3, 0.4) is 0 Å². The molecule has 5 nitrogen and oxygen atoms in total. The number of aliphatic hydroxyl groups excluding tert-OH is 1. The standard InChI is InChI=1S/C15H14ClNO4/c1-9-5-10(2)14(7-13(9)17(19)20)21-15-6-12(16)4-3-11(15)8-18/h3-7,18H,8H2,1-2H3. The van der Waals surface area contributed by atoms with E-state index in [0.717, 1.165) is 5.56 Å². The van der Waals surface area contributed by atoms with Gasteiger partial charge in [0.25, 0.3) is 5.69 Å². The first-order valence-corrected chi connectivity index (χ1v) is 6.63. The van der Waals surface area contributed by atoms with Crippen molar-refractivity contribution in [2.24, 2.45) is 0 Å². The molecule has 0 fully saturated rings. The molecule has 0 aliphatic carbocycles. The topological polar surface area (TPSA) is 72.6 Å². The predicted molar refractivity (Wildman–Crippen MR) is 80.0 cm³/mol. The van der Waals surface area contributed by atoms with Crippen LogP contribution in [-0.2, 0) is 6.61 Å². The smallest absolute Gasteiger partial charge is 0.276 e. The molecule has 0 radical (unpaired) electrons. The van der Waals surface area contributed by atoms with E-state index >= 15 is 0 Å². The van der Waals surface area contributed by atoms with Crippen LogP contribution in [0.1, 0.15) is 16.7 Å². The number of aryl methyl sites for hydroxylation is 2. The van der Waals surface area contributed by atoms with Crippen molar-refractivity contribution in [1.29, 1.82) is 0 Å². The molecule has 2 aromatic rings. The Labute approximate surface area is 126 Å². The molecule has 0 bridgehead atoms. The Balaban J connectivity index is 2.46. The van der Waals surface area contributed by atoms with Crippen molar-refractivity contribution in [2.75, 3.05) is 0 Å². The highest BCUT2D eigenvalue weighted by molar-refractivity contribution is 6.30. The van der Waals surface area contributed by atoms with Crippen LogP contribution in [0.4, 0.5) is 5.69 Å². The first-order chi connectivity index (χ1) is 9.92. The Bertz CT molecular complexity index is 700. The Hall–Kier alpha value is -2.11. The summed E-state index contributed by atoms with van der Waals surface area (Å²) < 4.78 is 5.71. The van der Waals surface area contributed by atoms with Gasteiger partial charge >= 0.3 is 0 Å². The monoisotopic (exact) mass is 307 g/mol. The average Bonchev–Trinajstić information content (AvgIpc) is 2.41. The molecule has 0 amide bonds. The van der Waals surface area contributed by atoms with Crippen LogP contribution in [0.25, 0.3) is 0 Å². The van der Waals surface area contributed by atoms with E-state index in [-0.39, 0.29) is 12.3 Å². The Kier molecular flexibility index (Phi) is 4.45. The maximum absolute atomic E-state index is 11.0. The highest BCUT2D eigenvalue weighted by Gasteiger charge is 2.16. The zero-order valence-corrected chi connectivity index (χ0v) is 12.3. The third kappa shape index (κ3) is 3.32. The number of hydrogen-bond donors (Lipinski definition) is 1. The van der Waals surface area contributed by atoms with Gasteiger partial charge in [0, 0.05) is 16.1 Å². The van der Waals surface area contributed by atoms with Gasteiger partial charge in [0.2, 0.25) is 0 Å². The highest BCUT2D eigenvalue weighted by Crippen LogP contribution is 2.34. The molecule has 21 heavy (non-hydrogen) atoms. The van der Waals surface area contributed by atoms with Gasteiger partial charge in [-0.1, -0.05) is 17.7 Å². The summed E-state index contributed by atoms with van der Waals surface area (Å²) >= 11 is 5.92. The minimum atomic E-state index is -0.452. The Morgan fingerprint density at radius 3 is 2.52 bits per heavy atom. The van der Waals surface area contributed by atoms with E-state index in [1.54, 1.807) is 38.1 Å². The number of nitrogens with zero attached hydrogens (tertiary/aromatic N) is 1. The van der Waals surface area contributed by atoms with Gasteiger partial charge in [-0.25, -0.2) is 0 Å². The molecule has 0 spiro atoms. The van der Waals surface area contributed by atoms with Gasteiger partial charge in [0.1, 0.15) is 11.5 Å². The molecule has 0 atom stereocenters. The molecule has 1 N–H and O–H groups in total. The maximum atomic E-state index is 11.0. The van der Waals surface area contributed by atoms with E-state index in [1.807, 2.05) is 0 Å². The number of rotatable bonds is 4. The summed E-state index contributed by atoms with van der Waals surface area (Å²) in [6.45, 7) is 3.27. The average molecular weight is 308 g/mol. The predicted octanol–water partition coefficient (Wildman–Crippen LogP) is 4.15. The molecular formula is C15H14ClNO4. The summed E-state index contributed by atoms with van der Waals surface area (Å²) in [7, 11) is 0. The number of nitro benzene ring substituents is 1. The second-order valence-electron chi connectivity index (χ2n) is 4.67. The van der Waals surface area contributed by atoms with Gasteiger partial charge in [0.05, 0.1) is 17.6 Å². The molecule has 0 aromatic heterocycles. The third-order valence-corrected chi connectivity index (χ3v) is 3.34. The van der Waals surface area contributed by atoms with Gasteiger partial charge in [-0.3, -0.25) is 10.1 Å². The van der Waals surface area contributed by atoms with E-state index in [1.165, 1.54) is 6.07 Å². The summed E-state index contributed by atoms with van der Waals surface area (Å²) in [5.74, 6) is 0.746. The minimum absolute atomic E-state index is 0.0109. The Morgan fingerprint density at radius 2 is 1.90 bits per heavy atom. The van der Waals surface area contributed by atoms with Gasteiger partial charge in [-0.05, 0) is 37.6 Å². The van der Waals surface area contributed by atoms with Crippen LogP contribution in [0.5, 0.6) is 11.5 Å². The summed E-state index contributed by atoms with van der Waals surface area (Å²) in [5.41, 5.74) is 1.88. The maximum Gasteiger partial charge on any atom is 0.276 e. The van der Waals surface area contributed by atoms with Gasteiger partial charge in [-0.15, -0.1) is 0 Å². The fraction of sp³-hybridized carbons (Fsp3) is 0.200. The number of halogens is 1. The molecule has 2 aromatic carbocycles. The Morgan fingerprint density at radius 1 is 1.19 bits per heavy atom. The van der Waals surface area contributed by atoms with E-state index in [9.17, 15) is 15.2 Å². The zero-order valence-electron chi connectivity index (χ0n) is 11.6. The van der Waals surface area contributed by atoms with Crippen LogP contribution in [-0.4, -0.2) is 10.0 Å². The molecule has 2 rings (SSSR count). The number of aliphatic hydroxyl groups is 1. The molecule has 0 aliphatic rings. The lowest BCUT2D eigenvalue weighted by atomic mass is 10.1. The number of hydrogen-bond acceptors (Lipinski definition) is 4. The van der Waals surface area contributed by atoms with Crippen molar-refractivity contribution in [3.05, 3.63) is 62.2 Å². The minimum Gasteiger partial charge on any atom is -0.456 e. The van der Waals surface area contributed by atoms with E-state index in [4.69, 9.17) is 16.3 Å². The van der Waals surface area contributed by atoms with Crippen LogP contribution < -0.4 is 4.74 Å². The van der Waals surface area contributed by atoms with Crippen LogP contribution in [0.15, 0.2) is 30.3 Å². The molecule has 0 unspecified atom stereocenters. The quantitative estimate of drug-likeness (QED) is 0.680. The fourth-order valence-electron chi connectivity index (χ4n) is 2.00. The molecule has 0 saturated carbocycles. The number of nitro groups is 1. The highest BCUT2D eigenvalue weighted by atomic mass is 35.5. The SMILES string of the molecule is Cc1cc(C)c([N+](=O)[O-])cc1Oc1cc(Cl)ccc1CO. The normalized spacial score (nSPS) is 10.5. The number of ether oxygens (including phenoxy) is 1. The van der Waals surface area contributed by atoms with E-state index < -0.39 is 4.92 Å². The summed E-state index contributed by atoms with van der Waals surface area (Å²) in [6.07, 6.45) is 0. The third-order valence-electron chi connectivity index (χ3n) is 3.11. The lowest BCUT2D eigenvalue weighted by Gasteiger charge is -2.13. The molecular weight excluding hydrogens is 294 g/mol. The van der Waals surface area contributed by atoms with Crippen molar-refractivity contribution in [3.8, 4) is 11.5 Å². The van der Waals surface area contributed by atoms with Gasteiger partial charge in [-0.2, -0.15) is 0 Å². The largest absolute Gasteiger partial charge is 0.456 e. The second kappa shape index (κ2) is 6.11. The first kappa shape index (κ1) is 15.3. The summed E-state index contributed by atoms with van der Waals surface area (Å²) in [6, 6.07) is 7.93. The molecule has 110 valence electrons. The second-order valence-corrected chi connectivity index (χ2v) is 5.11. The van der Waals surface area contributed by atoms with Crippen molar-refractivity contribution in [3.63, 3.8) is 0 Å². The van der Waals surface area contributed by atoms with Crippen molar-refractivity contribution in [2.45, 2.75) is 20.5 Å². The van der Waals surface area contributed by atoms with Crippen molar-refractivity contribution in [1.82, 2.24) is 0 Å². The van der Waals surface area contributed by atoms with Crippen molar-refractivity contribution < 1.29 is 14.8 Å². The summed E-state index contributed by atoms with van der Waals surface area (Å²) in [5, 5.41) is 20.8. The number of benzene rings is 2. The van der Waals surface area contributed by atoms with Crippen LogP contribution >= 0.6 is 11.6 Å². The lowest BCUT2D eigenvalue weighted by Crippen LogP contribution is -1.97. The van der Waals surface area contributed by atoms with Crippen LogP contribution in [0, 0.1) is 24.0 Å². The lowest BCUT2D eigenvalue weighted by molar-refractivity contribution is -0.385. The molecule has 0 heterocycles.